The van der Waals surface area contributed by atoms with Crippen molar-refractivity contribution in [3.05, 3.63) is 11.6 Å². The molecule has 76 valence electrons. The number of halogens is 1. The molecule has 0 aromatic rings. The standard InChI is InChI=1S/C11H20ClN/c1-2-11(6-3-4-7-11)10-13-9-5-8-12/h5,8,13H,2-4,6-7,9-10H2,1H3/b8-5+. The van der Waals surface area contributed by atoms with Gasteiger partial charge in [0, 0.05) is 18.6 Å². The first-order valence-electron chi connectivity index (χ1n) is 5.29. The van der Waals surface area contributed by atoms with Gasteiger partial charge in [-0.2, -0.15) is 0 Å². The van der Waals surface area contributed by atoms with Crippen LogP contribution in [0, 0.1) is 5.41 Å². The lowest BCUT2D eigenvalue weighted by atomic mass is 9.83. The molecular formula is C11H20ClN. The van der Waals surface area contributed by atoms with Gasteiger partial charge in [-0.05, 0) is 24.7 Å². The molecule has 1 N–H and O–H groups in total. The summed E-state index contributed by atoms with van der Waals surface area (Å²) in [5, 5.41) is 3.45. The number of hydrogen-bond donors (Lipinski definition) is 1. The highest BCUT2D eigenvalue weighted by atomic mass is 35.5. The largest absolute Gasteiger partial charge is 0.313 e. The lowest BCUT2D eigenvalue weighted by molar-refractivity contribution is 0.273. The van der Waals surface area contributed by atoms with Crippen molar-refractivity contribution in [2.24, 2.45) is 5.41 Å². The Hall–Kier alpha value is -0.0100. The van der Waals surface area contributed by atoms with E-state index in [4.69, 9.17) is 11.6 Å². The van der Waals surface area contributed by atoms with Crippen LogP contribution in [0.15, 0.2) is 11.6 Å². The normalized spacial score (nSPS) is 21.4. The highest BCUT2D eigenvalue weighted by Crippen LogP contribution is 2.40. The summed E-state index contributed by atoms with van der Waals surface area (Å²) in [6, 6.07) is 0. The number of rotatable bonds is 5. The Labute approximate surface area is 86.5 Å². The van der Waals surface area contributed by atoms with Crippen LogP contribution >= 0.6 is 11.6 Å². The minimum atomic E-state index is 0.597. The second-order valence-corrected chi connectivity index (χ2v) is 4.31. The van der Waals surface area contributed by atoms with E-state index >= 15 is 0 Å². The van der Waals surface area contributed by atoms with Crippen molar-refractivity contribution in [2.45, 2.75) is 39.0 Å². The molecule has 1 fully saturated rings. The van der Waals surface area contributed by atoms with Crippen molar-refractivity contribution < 1.29 is 0 Å². The average molecular weight is 202 g/mol. The smallest absolute Gasteiger partial charge is 0.0146 e. The summed E-state index contributed by atoms with van der Waals surface area (Å²) in [4.78, 5) is 0. The molecule has 0 heterocycles. The molecule has 1 rings (SSSR count). The zero-order chi connectivity index (χ0) is 9.57. The predicted molar refractivity (Wildman–Crippen MR) is 59.1 cm³/mol. The molecule has 1 aliphatic carbocycles. The second-order valence-electron chi connectivity index (χ2n) is 4.05. The minimum absolute atomic E-state index is 0.597. The molecule has 0 bridgehead atoms. The van der Waals surface area contributed by atoms with Crippen LogP contribution in [-0.2, 0) is 0 Å². The van der Waals surface area contributed by atoms with Crippen molar-refractivity contribution in [1.29, 1.82) is 0 Å². The van der Waals surface area contributed by atoms with E-state index in [2.05, 4.69) is 12.2 Å². The summed E-state index contributed by atoms with van der Waals surface area (Å²) in [6.45, 7) is 4.38. The van der Waals surface area contributed by atoms with E-state index in [1.165, 1.54) is 32.1 Å². The summed E-state index contributed by atoms with van der Waals surface area (Å²) in [6.07, 6.45) is 8.91. The van der Waals surface area contributed by atoms with Gasteiger partial charge in [0.1, 0.15) is 0 Å². The van der Waals surface area contributed by atoms with E-state index < -0.39 is 0 Å². The van der Waals surface area contributed by atoms with Gasteiger partial charge >= 0.3 is 0 Å². The van der Waals surface area contributed by atoms with Crippen molar-refractivity contribution in [2.75, 3.05) is 13.1 Å². The van der Waals surface area contributed by atoms with Crippen molar-refractivity contribution in [3.63, 3.8) is 0 Å². The van der Waals surface area contributed by atoms with Gasteiger partial charge in [0.15, 0.2) is 0 Å². The second kappa shape index (κ2) is 5.66. The lowest BCUT2D eigenvalue weighted by Crippen LogP contribution is -2.31. The molecule has 2 heteroatoms. The van der Waals surface area contributed by atoms with Crippen LogP contribution in [0.5, 0.6) is 0 Å². The highest BCUT2D eigenvalue weighted by molar-refractivity contribution is 6.25. The van der Waals surface area contributed by atoms with E-state index in [-0.39, 0.29) is 0 Å². The zero-order valence-corrected chi connectivity index (χ0v) is 9.24. The monoisotopic (exact) mass is 201 g/mol. The van der Waals surface area contributed by atoms with Gasteiger partial charge < -0.3 is 5.32 Å². The Morgan fingerprint density at radius 2 is 2.08 bits per heavy atom. The van der Waals surface area contributed by atoms with Gasteiger partial charge in [0.25, 0.3) is 0 Å². The van der Waals surface area contributed by atoms with Gasteiger partial charge in [-0.15, -0.1) is 0 Å². The van der Waals surface area contributed by atoms with Crippen LogP contribution in [0.3, 0.4) is 0 Å². The van der Waals surface area contributed by atoms with Gasteiger partial charge in [-0.3, -0.25) is 0 Å². The van der Waals surface area contributed by atoms with Gasteiger partial charge in [0.2, 0.25) is 0 Å². The SMILES string of the molecule is CCC1(CNC/C=C/Cl)CCCC1. The molecule has 0 atom stereocenters. The van der Waals surface area contributed by atoms with E-state index in [0.29, 0.717) is 5.41 Å². The van der Waals surface area contributed by atoms with E-state index in [0.717, 1.165) is 13.1 Å². The molecular weight excluding hydrogens is 182 g/mol. The fraction of sp³-hybridized carbons (Fsp3) is 0.818. The fourth-order valence-electron chi connectivity index (χ4n) is 2.25. The Balaban J connectivity index is 2.23. The predicted octanol–water partition coefficient (Wildman–Crippen LogP) is 3.30. The Bertz CT molecular complexity index is 159. The Kier molecular flexibility index (Phi) is 4.82. The van der Waals surface area contributed by atoms with E-state index in [1.54, 1.807) is 5.54 Å². The third-order valence-electron chi connectivity index (χ3n) is 3.27. The summed E-state index contributed by atoms with van der Waals surface area (Å²) < 4.78 is 0. The summed E-state index contributed by atoms with van der Waals surface area (Å²) in [5.41, 5.74) is 2.18. The average Bonchev–Trinajstić information content (AvgIpc) is 2.62. The maximum Gasteiger partial charge on any atom is 0.0146 e. The quantitative estimate of drug-likeness (QED) is 0.674. The first-order chi connectivity index (χ1) is 6.33. The molecule has 1 nitrogen and oxygen atoms in total. The lowest BCUT2D eigenvalue weighted by Gasteiger charge is -2.27. The summed E-state index contributed by atoms with van der Waals surface area (Å²) in [7, 11) is 0. The maximum absolute atomic E-state index is 5.44. The molecule has 0 unspecified atom stereocenters. The van der Waals surface area contributed by atoms with Crippen LogP contribution < -0.4 is 5.32 Å². The van der Waals surface area contributed by atoms with Crippen LogP contribution in [0.1, 0.15) is 39.0 Å². The molecule has 0 aromatic carbocycles. The maximum atomic E-state index is 5.44. The first-order valence-corrected chi connectivity index (χ1v) is 5.72. The third-order valence-corrected chi connectivity index (χ3v) is 3.44. The molecule has 13 heavy (non-hydrogen) atoms. The van der Waals surface area contributed by atoms with Crippen LogP contribution in [-0.4, -0.2) is 13.1 Å². The molecule has 0 radical (unpaired) electrons. The van der Waals surface area contributed by atoms with Gasteiger partial charge in [0.05, 0.1) is 0 Å². The molecule has 1 saturated carbocycles. The minimum Gasteiger partial charge on any atom is -0.313 e. The van der Waals surface area contributed by atoms with Crippen LogP contribution in [0.25, 0.3) is 0 Å². The van der Waals surface area contributed by atoms with Crippen molar-refractivity contribution in [1.82, 2.24) is 5.32 Å². The third kappa shape index (κ3) is 3.32. The number of nitrogens with one attached hydrogen (secondary N) is 1. The van der Waals surface area contributed by atoms with Gasteiger partial charge in [-0.25, -0.2) is 0 Å². The molecule has 0 aliphatic heterocycles. The Morgan fingerprint density at radius 3 is 2.62 bits per heavy atom. The van der Waals surface area contributed by atoms with E-state index in [1.807, 2.05) is 6.08 Å². The molecule has 0 aromatic heterocycles. The summed E-state index contributed by atoms with van der Waals surface area (Å²) >= 11 is 5.44. The zero-order valence-electron chi connectivity index (χ0n) is 8.48. The van der Waals surface area contributed by atoms with E-state index in [9.17, 15) is 0 Å². The van der Waals surface area contributed by atoms with Gasteiger partial charge in [-0.1, -0.05) is 37.4 Å². The topological polar surface area (TPSA) is 12.0 Å². The molecule has 0 spiro atoms. The Morgan fingerprint density at radius 1 is 1.38 bits per heavy atom. The highest BCUT2D eigenvalue weighted by Gasteiger charge is 2.30. The van der Waals surface area contributed by atoms with Crippen LogP contribution in [0.2, 0.25) is 0 Å². The van der Waals surface area contributed by atoms with Crippen molar-refractivity contribution in [3.8, 4) is 0 Å². The number of hydrogen-bond acceptors (Lipinski definition) is 1. The summed E-state index contributed by atoms with van der Waals surface area (Å²) in [5.74, 6) is 0. The molecule has 0 amide bonds. The van der Waals surface area contributed by atoms with Crippen LogP contribution in [0.4, 0.5) is 0 Å². The van der Waals surface area contributed by atoms with Crippen molar-refractivity contribution >= 4 is 11.6 Å². The fourth-order valence-corrected chi connectivity index (χ4v) is 2.33. The first kappa shape index (κ1) is 11.1. The molecule has 1 aliphatic rings. The molecule has 0 saturated heterocycles.